The minimum absolute atomic E-state index is 0.217. The van der Waals surface area contributed by atoms with E-state index in [1.54, 1.807) is 13.8 Å². The number of rotatable bonds is 6. The summed E-state index contributed by atoms with van der Waals surface area (Å²) in [6.45, 7) is 7.05. The van der Waals surface area contributed by atoms with E-state index in [9.17, 15) is 8.78 Å². The number of fused-ring (bicyclic) bond motifs is 4. The zero-order valence-electron chi connectivity index (χ0n) is 23.7. The van der Waals surface area contributed by atoms with Gasteiger partial charge in [0.2, 0.25) is 0 Å². The van der Waals surface area contributed by atoms with Crippen molar-refractivity contribution >= 4 is 36.0 Å². The third kappa shape index (κ3) is 4.26. The molecule has 224 valence electrons. The molecule has 10 heteroatoms. The van der Waals surface area contributed by atoms with Gasteiger partial charge >= 0.3 is 17.8 Å². The smallest absolute Gasteiger partial charge is 0.284 e. The second-order valence-electron chi connectivity index (χ2n) is 11.4. The zero-order valence-corrected chi connectivity index (χ0v) is 25.3. The molecule has 0 radical (unpaired) electrons. The molecular formula is C33H28F6N2S2. The monoisotopic (exact) mass is 630 g/mol. The molecule has 2 aliphatic heterocycles. The Hall–Kier alpha value is -2.98. The van der Waals surface area contributed by atoms with E-state index >= 15 is 17.6 Å². The van der Waals surface area contributed by atoms with E-state index in [0.717, 1.165) is 11.1 Å². The number of hydrogen-bond acceptors (Lipinski definition) is 4. The van der Waals surface area contributed by atoms with Gasteiger partial charge in [0.1, 0.15) is 0 Å². The van der Waals surface area contributed by atoms with Crippen molar-refractivity contribution in [3.05, 3.63) is 116 Å². The van der Waals surface area contributed by atoms with Crippen molar-refractivity contribution in [2.24, 2.45) is 9.98 Å². The summed E-state index contributed by atoms with van der Waals surface area (Å²) in [5, 5.41) is 0. The van der Waals surface area contributed by atoms with Crippen molar-refractivity contribution in [1.29, 1.82) is 0 Å². The Morgan fingerprint density at radius 2 is 0.953 bits per heavy atom. The summed E-state index contributed by atoms with van der Waals surface area (Å²) in [7, 11) is 0. The molecule has 6 rings (SSSR count). The fourth-order valence-electron chi connectivity index (χ4n) is 6.10. The van der Waals surface area contributed by atoms with Gasteiger partial charge in [0.05, 0.1) is 21.6 Å². The maximum absolute atomic E-state index is 15.5. The van der Waals surface area contributed by atoms with Crippen LogP contribution in [0, 0.1) is 0 Å². The van der Waals surface area contributed by atoms with Crippen molar-refractivity contribution in [1.82, 2.24) is 0 Å². The van der Waals surface area contributed by atoms with Crippen molar-refractivity contribution in [2.45, 2.75) is 67.0 Å². The summed E-state index contributed by atoms with van der Waals surface area (Å²) in [4.78, 5) is 10.0. The first-order valence-electron chi connectivity index (χ1n) is 13.8. The highest BCUT2D eigenvalue weighted by Gasteiger charge is 2.84. The SMILES string of the molecule is C[C@H](N=CC1=CC2=C3C(=C4C=C(C=N[C@@H](C)c5ccccc5)SC4(C)C2(C)S1)C(F)(F)C(F)(F)C3(F)F)c1ccccc1. The lowest BCUT2D eigenvalue weighted by Gasteiger charge is -2.47. The first kappa shape index (κ1) is 30.1. The van der Waals surface area contributed by atoms with Crippen molar-refractivity contribution < 1.29 is 26.3 Å². The van der Waals surface area contributed by atoms with E-state index in [-0.39, 0.29) is 23.2 Å². The Labute approximate surface area is 254 Å². The average Bonchev–Trinajstić information content (AvgIpc) is 3.54. The molecule has 0 bridgehead atoms. The van der Waals surface area contributed by atoms with Crippen molar-refractivity contribution in [2.75, 3.05) is 0 Å². The van der Waals surface area contributed by atoms with Crippen LogP contribution in [0.15, 0.2) is 115 Å². The lowest BCUT2D eigenvalue weighted by atomic mass is 9.71. The van der Waals surface area contributed by atoms with E-state index < -0.39 is 38.4 Å². The highest BCUT2D eigenvalue weighted by Crippen LogP contribution is 2.73. The van der Waals surface area contributed by atoms with Crippen molar-refractivity contribution in [3.8, 4) is 0 Å². The Kier molecular flexibility index (Phi) is 7.01. The van der Waals surface area contributed by atoms with Crippen LogP contribution in [0.1, 0.15) is 50.9 Å². The first-order valence-corrected chi connectivity index (χ1v) is 15.4. The summed E-state index contributed by atoms with van der Waals surface area (Å²) in [6.07, 6.45) is 5.70. The molecule has 0 amide bonds. The summed E-state index contributed by atoms with van der Waals surface area (Å²) in [6, 6.07) is 18.3. The van der Waals surface area contributed by atoms with Gasteiger partial charge in [0, 0.05) is 33.4 Å². The van der Waals surface area contributed by atoms with Gasteiger partial charge in [-0.2, -0.15) is 26.3 Å². The first-order chi connectivity index (χ1) is 20.1. The fraction of sp³-hybridized carbons (Fsp3) is 0.333. The molecule has 4 atom stereocenters. The fourth-order valence-corrected chi connectivity index (χ4v) is 9.02. The van der Waals surface area contributed by atoms with Crippen LogP contribution < -0.4 is 0 Å². The van der Waals surface area contributed by atoms with Crippen LogP contribution in [0.5, 0.6) is 0 Å². The summed E-state index contributed by atoms with van der Waals surface area (Å²) >= 11 is 2.36. The largest absolute Gasteiger partial charge is 0.380 e. The van der Waals surface area contributed by atoms with Gasteiger partial charge in [-0.15, -0.1) is 23.5 Å². The van der Waals surface area contributed by atoms with E-state index in [0.29, 0.717) is 9.81 Å². The van der Waals surface area contributed by atoms with E-state index in [2.05, 4.69) is 9.98 Å². The molecule has 1 saturated carbocycles. The number of aliphatic imine (C=N–C) groups is 2. The molecule has 0 saturated heterocycles. The molecule has 43 heavy (non-hydrogen) atoms. The second-order valence-corrected chi connectivity index (χ2v) is 14.4. The van der Waals surface area contributed by atoms with Crippen LogP contribution in [-0.2, 0) is 0 Å². The number of thioether (sulfide) groups is 2. The van der Waals surface area contributed by atoms with Crippen LogP contribution in [0.25, 0.3) is 0 Å². The van der Waals surface area contributed by atoms with E-state index in [1.165, 1.54) is 48.1 Å². The van der Waals surface area contributed by atoms with Gasteiger partial charge in [0.15, 0.2) is 0 Å². The lowest BCUT2D eigenvalue weighted by Crippen LogP contribution is -2.49. The third-order valence-electron chi connectivity index (χ3n) is 8.78. The number of allylic oxidation sites excluding steroid dienone is 6. The number of alkyl halides is 6. The molecule has 2 unspecified atom stereocenters. The Morgan fingerprint density at radius 1 is 0.605 bits per heavy atom. The van der Waals surface area contributed by atoms with E-state index in [4.69, 9.17) is 0 Å². The topological polar surface area (TPSA) is 24.7 Å². The zero-order chi connectivity index (χ0) is 31.0. The quantitative estimate of drug-likeness (QED) is 0.234. The summed E-state index contributed by atoms with van der Waals surface area (Å²) < 4.78 is 89.4. The predicted molar refractivity (Wildman–Crippen MR) is 164 cm³/mol. The summed E-state index contributed by atoms with van der Waals surface area (Å²) in [5.74, 6) is -15.7. The van der Waals surface area contributed by atoms with Gasteiger partial charge in [-0.3, -0.25) is 9.98 Å². The second kappa shape index (κ2) is 10.0. The van der Waals surface area contributed by atoms with Gasteiger partial charge in [0.25, 0.3) is 0 Å². The van der Waals surface area contributed by atoms with Crippen molar-refractivity contribution in [3.63, 3.8) is 0 Å². The molecule has 2 aliphatic carbocycles. The number of nitrogens with zero attached hydrogens (tertiary/aromatic N) is 2. The lowest BCUT2D eigenvalue weighted by molar-refractivity contribution is -0.258. The molecule has 0 spiro atoms. The van der Waals surface area contributed by atoms with Gasteiger partial charge in [-0.05, 0) is 62.1 Å². The Morgan fingerprint density at radius 3 is 1.30 bits per heavy atom. The summed E-state index contributed by atoms with van der Waals surface area (Å²) in [5.41, 5.74) is -1.14. The minimum atomic E-state index is -5.59. The number of hydrogen-bond donors (Lipinski definition) is 0. The highest BCUT2D eigenvalue weighted by molar-refractivity contribution is 8.09. The molecular weight excluding hydrogens is 602 g/mol. The number of halogens is 6. The molecule has 0 N–H and O–H groups in total. The normalized spacial score (nSPS) is 29.9. The van der Waals surface area contributed by atoms with Crippen LogP contribution in [0.2, 0.25) is 0 Å². The molecule has 1 fully saturated rings. The standard InChI is InChI=1S/C33H28F6N2S2/c1-19(21-11-7-5-8-12-21)40-17-23-15-25-27-28(32(36,37)33(38,39)31(27,34)35)26-16-24(43-30(26,4)29(25,3)42-23)18-41-20(2)22-13-9-6-10-14-22/h5-20H,1-4H3/t19-,20-,29?,30?/m0/s1. The minimum Gasteiger partial charge on any atom is -0.284 e. The molecule has 4 aliphatic rings. The number of benzene rings is 2. The highest BCUT2D eigenvalue weighted by atomic mass is 32.2. The maximum Gasteiger partial charge on any atom is 0.380 e. The Bertz CT molecular complexity index is 1540. The Balaban J connectivity index is 1.46. The van der Waals surface area contributed by atoms with Crippen LogP contribution >= 0.6 is 23.5 Å². The van der Waals surface area contributed by atoms with Crippen LogP contribution in [0.4, 0.5) is 26.3 Å². The van der Waals surface area contributed by atoms with Crippen LogP contribution in [0.3, 0.4) is 0 Å². The van der Waals surface area contributed by atoms with Gasteiger partial charge in [-0.25, -0.2) is 0 Å². The predicted octanol–water partition coefficient (Wildman–Crippen LogP) is 9.96. The maximum atomic E-state index is 15.5. The average molecular weight is 631 g/mol. The molecule has 2 aromatic carbocycles. The van der Waals surface area contributed by atoms with Gasteiger partial charge in [-0.1, -0.05) is 60.7 Å². The molecule has 2 aromatic rings. The van der Waals surface area contributed by atoms with Gasteiger partial charge < -0.3 is 0 Å². The molecule has 2 nitrogen and oxygen atoms in total. The third-order valence-corrected chi connectivity index (χ3v) is 11.9. The van der Waals surface area contributed by atoms with Crippen LogP contribution in [-0.4, -0.2) is 39.7 Å². The molecule has 2 heterocycles. The van der Waals surface area contributed by atoms with E-state index in [1.807, 2.05) is 74.5 Å². The molecule has 0 aromatic heterocycles.